The fourth-order valence-corrected chi connectivity index (χ4v) is 2.58. The van der Waals surface area contributed by atoms with Gasteiger partial charge in [0.15, 0.2) is 5.41 Å². The van der Waals surface area contributed by atoms with E-state index in [9.17, 15) is 13.6 Å². The predicted octanol–water partition coefficient (Wildman–Crippen LogP) is 4.34. The van der Waals surface area contributed by atoms with Crippen molar-refractivity contribution in [3.8, 4) is 0 Å². The molecule has 0 N–H and O–H groups in total. The van der Waals surface area contributed by atoms with Gasteiger partial charge in [0, 0.05) is 22.6 Å². The first-order valence-corrected chi connectivity index (χ1v) is 7.45. The maximum atomic E-state index is 13.9. The summed E-state index contributed by atoms with van der Waals surface area (Å²) in [6.45, 7) is 5.39. The molecule has 0 bridgehead atoms. The van der Waals surface area contributed by atoms with Gasteiger partial charge in [0.1, 0.15) is 0 Å². The van der Waals surface area contributed by atoms with Gasteiger partial charge in [-0.15, -0.1) is 0 Å². The van der Waals surface area contributed by atoms with E-state index in [0.29, 0.717) is 5.92 Å². The van der Waals surface area contributed by atoms with Crippen LogP contribution in [0.3, 0.4) is 0 Å². The fraction of sp³-hybridized carbons (Fsp3) is 0.533. The lowest BCUT2D eigenvalue weighted by molar-refractivity contribution is -0.154. The number of esters is 1. The number of methoxy groups -OCH3 is 1. The lowest BCUT2D eigenvalue weighted by Gasteiger charge is -2.31. The van der Waals surface area contributed by atoms with Crippen LogP contribution in [0.5, 0.6) is 0 Å². The third kappa shape index (κ3) is 3.48. The Morgan fingerprint density at radius 3 is 2.15 bits per heavy atom. The molecule has 112 valence electrons. The minimum absolute atomic E-state index is 0.260. The Bertz CT molecular complexity index is 466. The highest BCUT2D eigenvalue weighted by atomic mass is 127. The van der Waals surface area contributed by atoms with Crippen molar-refractivity contribution >= 4 is 28.6 Å². The van der Waals surface area contributed by atoms with Crippen LogP contribution in [0.15, 0.2) is 24.3 Å². The zero-order valence-corrected chi connectivity index (χ0v) is 14.2. The Balaban J connectivity index is 3.20. The van der Waals surface area contributed by atoms with Crippen molar-refractivity contribution in [3.05, 3.63) is 35.4 Å². The predicted molar refractivity (Wildman–Crippen MR) is 83.3 cm³/mol. The first-order chi connectivity index (χ1) is 9.12. The molecule has 1 atom stereocenters. The SMILES string of the molecule is COC(=O)C(C)(c1ccc(CC(C)C)cc1)C(F)(F)I. The lowest BCUT2D eigenvalue weighted by atomic mass is 9.82. The maximum absolute atomic E-state index is 13.9. The van der Waals surface area contributed by atoms with Gasteiger partial charge in [-0.25, -0.2) is 0 Å². The van der Waals surface area contributed by atoms with E-state index in [1.165, 1.54) is 6.92 Å². The molecule has 0 aromatic heterocycles. The highest BCUT2D eigenvalue weighted by Gasteiger charge is 2.56. The summed E-state index contributed by atoms with van der Waals surface area (Å²) in [7, 11) is 1.12. The number of hydrogen-bond acceptors (Lipinski definition) is 2. The van der Waals surface area contributed by atoms with Crippen molar-refractivity contribution in [1.82, 2.24) is 0 Å². The highest BCUT2D eigenvalue weighted by molar-refractivity contribution is 14.1. The van der Waals surface area contributed by atoms with Gasteiger partial charge >= 0.3 is 9.90 Å². The third-order valence-electron chi connectivity index (χ3n) is 3.34. The van der Waals surface area contributed by atoms with E-state index >= 15 is 0 Å². The molecule has 0 saturated heterocycles. The molecule has 0 saturated carbocycles. The molecule has 0 heterocycles. The molecule has 1 rings (SSSR count). The number of halogens is 3. The highest BCUT2D eigenvalue weighted by Crippen LogP contribution is 2.45. The summed E-state index contributed by atoms with van der Waals surface area (Å²) in [6, 6.07) is 6.75. The summed E-state index contributed by atoms with van der Waals surface area (Å²) >= 11 is 0.992. The van der Waals surface area contributed by atoms with Gasteiger partial charge < -0.3 is 4.74 Å². The van der Waals surface area contributed by atoms with Crippen molar-refractivity contribution < 1.29 is 18.3 Å². The standard InChI is InChI=1S/C15H19F2IO2/c1-10(2)9-11-5-7-12(8-6-11)14(3,13(19)20-4)15(16,17)18/h5-8,10H,9H2,1-4H3. The van der Waals surface area contributed by atoms with Crippen LogP contribution in [-0.2, 0) is 21.4 Å². The Morgan fingerprint density at radius 1 is 1.30 bits per heavy atom. The molecule has 20 heavy (non-hydrogen) atoms. The monoisotopic (exact) mass is 396 g/mol. The van der Waals surface area contributed by atoms with E-state index in [4.69, 9.17) is 0 Å². The molecule has 0 radical (unpaired) electrons. The molecule has 0 aliphatic heterocycles. The van der Waals surface area contributed by atoms with Gasteiger partial charge in [-0.2, -0.15) is 8.78 Å². The summed E-state index contributed by atoms with van der Waals surface area (Å²) in [5, 5.41) is 0. The van der Waals surface area contributed by atoms with E-state index in [1.807, 2.05) is 0 Å². The summed E-state index contributed by atoms with van der Waals surface area (Å²) < 4.78 is 29.1. The van der Waals surface area contributed by atoms with E-state index in [1.54, 1.807) is 24.3 Å². The van der Waals surface area contributed by atoms with E-state index in [2.05, 4.69) is 18.6 Å². The molecular weight excluding hydrogens is 377 g/mol. The molecule has 1 unspecified atom stereocenters. The smallest absolute Gasteiger partial charge is 0.323 e. The van der Waals surface area contributed by atoms with Crippen LogP contribution in [0.1, 0.15) is 31.9 Å². The number of rotatable bonds is 5. The van der Waals surface area contributed by atoms with Crippen molar-refractivity contribution in [2.75, 3.05) is 7.11 Å². The maximum Gasteiger partial charge on any atom is 0.323 e. The quantitative estimate of drug-likeness (QED) is 0.421. The van der Waals surface area contributed by atoms with Crippen LogP contribution in [0.4, 0.5) is 8.78 Å². The van der Waals surface area contributed by atoms with Crippen LogP contribution >= 0.6 is 22.6 Å². The molecule has 0 amide bonds. The van der Waals surface area contributed by atoms with Gasteiger partial charge in [0.25, 0.3) is 0 Å². The van der Waals surface area contributed by atoms with Gasteiger partial charge in [-0.3, -0.25) is 4.79 Å². The number of hydrogen-bond donors (Lipinski definition) is 0. The van der Waals surface area contributed by atoms with Crippen LogP contribution in [0.25, 0.3) is 0 Å². The summed E-state index contributed by atoms with van der Waals surface area (Å²) in [5.74, 6) is -0.452. The van der Waals surface area contributed by atoms with Crippen molar-refractivity contribution in [2.45, 2.75) is 36.5 Å². The third-order valence-corrected chi connectivity index (χ3v) is 4.41. The zero-order chi connectivity index (χ0) is 15.6. The normalized spacial score (nSPS) is 15.0. The van der Waals surface area contributed by atoms with Gasteiger partial charge in [0.2, 0.25) is 0 Å². The van der Waals surface area contributed by atoms with Gasteiger partial charge in [-0.1, -0.05) is 38.1 Å². The number of alkyl halides is 3. The average Bonchev–Trinajstić information content (AvgIpc) is 2.35. The Hall–Kier alpha value is -0.720. The number of carbonyl (C=O) groups excluding carboxylic acids is 1. The largest absolute Gasteiger partial charge is 0.468 e. The van der Waals surface area contributed by atoms with Crippen LogP contribution in [-0.4, -0.2) is 17.0 Å². The summed E-state index contributed by atoms with van der Waals surface area (Å²) in [5.41, 5.74) is -0.664. The molecule has 1 aromatic carbocycles. The van der Waals surface area contributed by atoms with Crippen molar-refractivity contribution in [3.63, 3.8) is 0 Å². The number of benzene rings is 1. The fourth-order valence-electron chi connectivity index (χ4n) is 2.05. The molecule has 2 nitrogen and oxygen atoms in total. The second-order valence-electron chi connectivity index (χ2n) is 5.41. The van der Waals surface area contributed by atoms with Gasteiger partial charge in [-0.05, 0) is 30.4 Å². The second kappa shape index (κ2) is 6.37. The van der Waals surface area contributed by atoms with Gasteiger partial charge in [0.05, 0.1) is 7.11 Å². The van der Waals surface area contributed by atoms with E-state index in [-0.39, 0.29) is 5.56 Å². The molecule has 0 spiro atoms. The molecular formula is C15H19F2IO2. The number of ether oxygens (including phenoxy) is 1. The van der Waals surface area contributed by atoms with Crippen molar-refractivity contribution in [2.24, 2.45) is 5.92 Å². The molecule has 1 aromatic rings. The Labute approximate surface area is 132 Å². The molecule has 5 heteroatoms. The number of carbonyl (C=O) groups is 1. The molecule has 0 aliphatic rings. The van der Waals surface area contributed by atoms with Crippen LogP contribution in [0.2, 0.25) is 0 Å². The van der Waals surface area contributed by atoms with E-state index < -0.39 is 15.3 Å². The lowest BCUT2D eigenvalue weighted by Crippen LogP contribution is -2.46. The van der Waals surface area contributed by atoms with Crippen LogP contribution in [0, 0.1) is 5.92 Å². The summed E-state index contributed by atoms with van der Waals surface area (Å²) in [4.78, 5) is 11.8. The van der Waals surface area contributed by atoms with Crippen molar-refractivity contribution in [1.29, 1.82) is 0 Å². The van der Waals surface area contributed by atoms with Crippen LogP contribution < -0.4 is 0 Å². The van der Waals surface area contributed by atoms with E-state index in [0.717, 1.165) is 41.7 Å². The molecule has 0 fully saturated rings. The minimum atomic E-state index is -3.24. The summed E-state index contributed by atoms with van der Waals surface area (Å²) in [6.07, 6.45) is 0.871. The first-order valence-electron chi connectivity index (χ1n) is 6.37. The zero-order valence-electron chi connectivity index (χ0n) is 12.0. The second-order valence-corrected chi connectivity index (χ2v) is 6.76. The first kappa shape index (κ1) is 17.3. The molecule has 0 aliphatic carbocycles. The average molecular weight is 396 g/mol. The topological polar surface area (TPSA) is 26.3 Å². The Morgan fingerprint density at radius 2 is 1.80 bits per heavy atom. The minimum Gasteiger partial charge on any atom is -0.468 e. The Kier molecular flexibility index (Phi) is 5.52.